The normalized spacial score (nSPS) is 16.4. The minimum Gasteiger partial charge on any atom is -0.302 e. The molecule has 1 saturated heterocycles. The van der Waals surface area contributed by atoms with Gasteiger partial charge in [-0.3, -0.25) is 0 Å². The smallest absolute Gasteiger partial charge is 0.241 e. The third-order valence-electron chi connectivity index (χ3n) is 5.12. The summed E-state index contributed by atoms with van der Waals surface area (Å²) >= 11 is 0. The standard InChI is InChI=1S/C17H28N2O2S/c1-12-13(2)15(4)17(16(5)14(12)3)22(20,21)18-8-11-19-9-6-7-10-19/h18H,6-11H2,1-5H3. The predicted octanol–water partition coefficient (Wildman–Crippen LogP) is 2.60. The number of benzene rings is 1. The summed E-state index contributed by atoms with van der Waals surface area (Å²) in [4.78, 5) is 2.78. The van der Waals surface area contributed by atoms with Crippen LogP contribution in [0.1, 0.15) is 40.7 Å². The van der Waals surface area contributed by atoms with E-state index in [-0.39, 0.29) is 0 Å². The van der Waals surface area contributed by atoms with E-state index >= 15 is 0 Å². The topological polar surface area (TPSA) is 49.4 Å². The van der Waals surface area contributed by atoms with Crippen LogP contribution in [-0.4, -0.2) is 39.5 Å². The van der Waals surface area contributed by atoms with Gasteiger partial charge in [0.1, 0.15) is 0 Å². The number of nitrogens with zero attached hydrogens (tertiary/aromatic N) is 1. The van der Waals surface area contributed by atoms with E-state index in [0.717, 1.165) is 41.9 Å². The maximum absolute atomic E-state index is 12.7. The van der Waals surface area contributed by atoms with Crippen LogP contribution < -0.4 is 4.72 Å². The van der Waals surface area contributed by atoms with Crippen molar-refractivity contribution in [1.82, 2.24) is 9.62 Å². The Kier molecular flexibility index (Phi) is 5.30. The van der Waals surface area contributed by atoms with Crippen LogP contribution in [-0.2, 0) is 10.0 Å². The van der Waals surface area contributed by atoms with Crippen LogP contribution >= 0.6 is 0 Å². The summed E-state index contributed by atoms with van der Waals surface area (Å²) in [6, 6.07) is 0. The number of hydrogen-bond acceptors (Lipinski definition) is 3. The first-order valence-corrected chi connectivity index (χ1v) is 9.53. The van der Waals surface area contributed by atoms with Crippen LogP contribution in [0.2, 0.25) is 0 Å². The zero-order valence-corrected chi connectivity index (χ0v) is 15.2. The Morgan fingerprint density at radius 2 is 1.32 bits per heavy atom. The number of hydrogen-bond donors (Lipinski definition) is 1. The van der Waals surface area contributed by atoms with E-state index < -0.39 is 10.0 Å². The molecule has 0 aromatic heterocycles. The molecular weight excluding hydrogens is 296 g/mol. The van der Waals surface area contributed by atoms with Crippen LogP contribution in [0, 0.1) is 34.6 Å². The van der Waals surface area contributed by atoms with Gasteiger partial charge in [0.2, 0.25) is 10.0 Å². The van der Waals surface area contributed by atoms with Crippen molar-refractivity contribution in [2.24, 2.45) is 0 Å². The molecule has 1 fully saturated rings. The highest BCUT2D eigenvalue weighted by atomic mass is 32.2. The molecule has 0 amide bonds. The summed E-state index contributed by atoms with van der Waals surface area (Å²) < 4.78 is 28.3. The summed E-state index contributed by atoms with van der Waals surface area (Å²) in [5.74, 6) is 0. The highest BCUT2D eigenvalue weighted by molar-refractivity contribution is 7.89. The lowest BCUT2D eigenvalue weighted by Crippen LogP contribution is -2.34. The van der Waals surface area contributed by atoms with E-state index in [4.69, 9.17) is 0 Å². The molecule has 1 aliphatic rings. The lowest BCUT2D eigenvalue weighted by atomic mass is 9.95. The van der Waals surface area contributed by atoms with Gasteiger partial charge in [0, 0.05) is 13.1 Å². The molecule has 0 atom stereocenters. The van der Waals surface area contributed by atoms with Crippen molar-refractivity contribution in [3.05, 3.63) is 27.8 Å². The first-order valence-electron chi connectivity index (χ1n) is 8.04. The molecule has 1 aromatic rings. The van der Waals surface area contributed by atoms with Gasteiger partial charge in [-0.2, -0.15) is 0 Å². The van der Waals surface area contributed by atoms with E-state index in [2.05, 4.69) is 16.5 Å². The lowest BCUT2D eigenvalue weighted by Gasteiger charge is -2.20. The fourth-order valence-electron chi connectivity index (χ4n) is 3.29. The third-order valence-corrected chi connectivity index (χ3v) is 6.85. The van der Waals surface area contributed by atoms with Crippen molar-refractivity contribution in [2.45, 2.75) is 52.4 Å². The molecule has 1 aromatic carbocycles. The van der Waals surface area contributed by atoms with Gasteiger partial charge in [-0.25, -0.2) is 13.1 Å². The molecule has 0 saturated carbocycles. The first-order chi connectivity index (χ1) is 10.3. The zero-order valence-electron chi connectivity index (χ0n) is 14.4. The molecule has 1 aliphatic heterocycles. The minimum atomic E-state index is -3.45. The Bertz CT molecular complexity index is 631. The van der Waals surface area contributed by atoms with Gasteiger partial charge in [0.15, 0.2) is 0 Å². The van der Waals surface area contributed by atoms with Crippen molar-refractivity contribution in [3.63, 3.8) is 0 Å². The monoisotopic (exact) mass is 324 g/mol. The van der Waals surface area contributed by atoms with Crippen LogP contribution in [0.5, 0.6) is 0 Å². The van der Waals surface area contributed by atoms with Crippen LogP contribution in [0.15, 0.2) is 4.90 Å². The SMILES string of the molecule is Cc1c(C)c(C)c(S(=O)(=O)NCCN2CCCC2)c(C)c1C. The Balaban J connectivity index is 2.22. The van der Waals surface area contributed by atoms with Gasteiger partial charge < -0.3 is 4.90 Å². The second-order valence-electron chi connectivity index (χ2n) is 6.40. The second-order valence-corrected chi connectivity index (χ2v) is 8.10. The van der Waals surface area contributed by atoms with Crippen LogP contribution in [0.3, 0.4) is 0 Å². The van der Waals surface area contributed by atoms with Crippen molar-refractivity contribution in [2.75, 3.05) is 26.2 Å². The molecule has 1 heterocycles. The number of sulfonamides is 1. The summed E-state index contributed by atoms with van der Waals surface area (Å²) in [5, 5.41) is 0. The predicted molar refractivity (Wildman–Crippen MR) is 91.0 cm³/mol. The van der Waals surface area contributed by atoms with Gasteiger partial charge in [0.25, 0.3) is 0 Å². The van der Waals surface area contributed by atoms with Gasteiger partial charge >= 0.3 is 0 Å². The lowest BCUT2D eigenvalue weighted by molar-refractivity contribution is 0.344. The Morgan fingerprint density at radius 3 is 1.82 bits per heavy atom. The average molecular weight is 324 g/mol. The van der Waals surface area contributed by atoms with Gasteiger partial charge in [0.05, 0.1) is 4.90 Å². The fraction of sp³-hybridized carbons (Fsp3) is 0.647. The fourth-order valence-corrected chi connectivity index (χ4v) is 4.90. The maximum atomic E-state index is 12.7. The number of likely N-dealkylation sites (tertiary alicyclic amines) is 1. The summed E-state index contributed by atoms with van der Waals surface area (Å²) in [5.41, 5.74) is 5.07. The molecular formula is C17H28N2O2S. The van der Waals surface area contributed by atoms with Gasteiger partial charge in [-0.05, 0) is 88.4 Å². The molecule has 0 unspecified atom stereocenters. The average Bonchev–Trinajstić information content (AvgIpc) is 2.96. The second kappa shape index (κ2) is 6.69. The van der Waals surface area contributed by atoms with Gasteiger partial charge in [-0.1, -0.05) is 0 Å². The Labute approximate surface area is 135 Å². The largest absolute Gasteiger partial charge is 0.302 e. The van der Waals surface area contributed by atoms with E-state index in [1.807, 2.05) is 27.7 Å². The first kappa shape index (κ1) is 17.4. The summed E-state index contributed by atoms with van der Waals surface area (Å²) in [6.45, 7) is 13.3. The Morgan fingerprint density at radius 1 is 0.864 bits per heavy atom. The summed E-state index contributed by atoms with van der Waals surface area (Å²) in [6.07, 6.45) is 2.45. The maximum Gasteiger partial charge on any atom is 0.241 e. The molecule has 0 spiro atoms. The number of nitrogens with one attached hydrogen (secondary N) is 1. The van der Waals surface area contributed by atoms with Crippen molar-refractivity contribution >= 4 is 10.0 Å². The van der Waals surface area contributed by atoms with E-state index in [0.29, 0.717) is 11.4 Å². The van der Waals surface area contributed by atoms with E-state index in [9.17, 15) is 8.42 Å². The minimum absolute atomic E-state index is 0.467. The van der Waals surface area contributed by atoms with Gasteiger partial charge in [-0.15, -0.1) is 0 Å². The number of rotatable bonds is 5. The molecule has 2 rings (SSSR count). The quantitative estimate of drug-likeness (QED) is 0.906. The molecule has 124 valence electrons. The van der Waals surface area contributed by atoms with E-state index in [1.54, 1.807) is 0 Å². The van der Waals surface area contributed by atoms with Crippen LogP contribution in [0.25, 0.3) is 0 Å². The van der Waals surface area contributed by atoms with Crippen LogP contribution in [0.4, 0.5) is 0 Å². The van der Waals surface area contributed by atoms with Crippen molar-refractivity contribution in [1.29, 1.82) is 0 Å². The molecule has 22 heavy (non-hydrogen) atoms. The highest BCUT2D eigenvalue weighted by Crippen LogP contribution is 2.29. The molecule has 1 N–H and O–H groups in total. The highest BCUT2D eigenvalue weighted by Gasteiger charge is 2.23. The molecule has 4 nitrogen and oxygen atoms in total. The molecule has 5 heteroatoms. The third kappa shape index (κ3) is 3.36. The zero-order chi connectivity index (χ0) is 16.5. The van der Waals surface area contributed by atoms with E-state index in [1.165, 1.54) is 18.4 Å². The molecule has 0 bridgehead atoms. The Hall–Kier alpha value is -0.910. The molecule has 0 radical (unpaired) electrons. The molecule has 0 aliphatic carbocycles. The summed E-state index contributed by atoms with van der Waals surface area (Å²) in [7, 11) is -3.45. The van der Waals surface area contributed by atoms with Crippen molar-refractivity contribution in [3.8, 4) is 0 Å². The van der Waals surface area contributed by atoms with Crippen molar-refractivity contribution < 1.29 is 8.42 Å².